The number of hydrogen-bond donors (Lipinski definition) is 0. The molecule has 1 aromatic carbocycles. The lowest BCUT2D eigenvalue weighted by Crippen LogP contribution is -2.15. The van der Waals surface area contributed by atoms with Gasteiger partial charge in [-0.2, -0.15) is 0 Å². The van der Waals surface area contributed by atoms with Gasteiger partial charge in [0.2, 0.25) is 11.2 Å². The van der Waals surface area contributed by atoms with Crippen LogP contribution in [0.25, 0.3) is 0 Å². The van der Waals surface area contributed by atoms with E-state index in [4.69, 9.17) is 9.15 Å². The number of rotatable bonds is 5. The molecule has 0 amide bonds. The molecule has 0 atom stereocenters. The van der Waals surface area contributed by atoms with Crippen LogP contribution >= 0.6 is 11.8 Å². The number of aromatic nitrogens is 2. The van der Waals surface area contributed by atoms with E-state index in [1.54, 1.807) is 18.3 Å². The van der Waals surface area contributed by atoms with E-state index >= 15 is 0 Å². The number of ether oxygens (including phenoxy) is 1. The Balaban J connectivity index is 1.70. The zero-order chi connectivity index (χ0) is 18.7. The lowest BCUT2D eigenvalue weighted by Gasteiger charge is -2.06. The molecular weight excluding hydrogens is 352 g/mol. The van der Waals surface area contributed by atoms with Crippen LogP contribution in [0.2, 0.25) is 0 Å². The molecule has 0 saturated carbocycles. The summed E-state index contributed by atoms with van der Waals surface area (Å²) in [6.07, 6.45) is 4.72. The zero-order valence-electron chi connectivity index (χ0n) is 14.7. The van der Waals surface area contributed by atoms with Gasteiger partial charge in [-0.25, -0.2) is 9.78 Å². The Kier molecular flexibility index (Phi) is 5.27. The molecule has 2 aromatic heterocycles. The molecule has 2 heterocycles. The lowest BCUT2D eigenvalue weighted by atomic mass is 10.1. The third kappa shape index (κ3) is 4.23. The fraction of sp³-hybridized carbons (Fsp3) is 0.211. The third-order valence-corrected chi connectivity index (χ3v) is 4.71. The first kappa shape index (κ1) is 18.0. The zero-order valence-corrected chi connectivity index (χ0v) is 15.5. The van der Waals surface area contributed by atoms with Crippen LogP contribution in [0.15, 0.2) is 57.3 Å². The van der Waals surface area contributed by atoms with Gasteiger partial charge < -0.3 is 13.7 Å². The predicted octanol–water partition coefficient (Wildman–Crippen LogP) is 3.50. The highest BCUT2D eigenvalue weighted by Gasteiger charge is 2.14. The molecule has 0 spiro atoms. The van der Waals surface area contributed by atoms with Gasteiger partial charge in [0.15, 0.2) is 5.16 Å². The Morgan fingerprint density at radius 1 is 1.23 bits per heavy atom. The Morgan fingerprint density at radius 2 is 1.96 bits per heavy atom. The van der Waals surface area contributed by atoms with Crippen LogP contribution < -0.4 is 10.2 Å². The van der Waals surface area contributed by atoms with Crippen LogP contribution in [0.3, 0.4) is 0 Å². The number of carbonyl (C=O) groups is 1. The van der Waals surface area contributed by atoms with Crippen molar-refractivity contribution in [2.24, 2.45) is 7.05 Å². The SMILES string of the molecule is Cc1cc(C)cc(C(=O)Oc2coc(CSc3nccn3C)cc2=O)c1. The first-order valence-corrected chi connectivity index (χ1v) is 8.93. The molecule has 0 aliphatic heterocycles. The summed E-state index contributed by atoms with van der Waals surface area (Å²) < 4.78 is 12.5. The number of thioether (sulfide) groups is 1. The van der Waals surface area contributed by atoms with Gasteiger partial charge in [-0.3, -0.25) is 4.79 Å². The van der Waals surface area contributed by atoms with E-state index in [2.05, 4.69) is 4.98 Å². The van der Waals surface area contributed by atoms with Gasteiger partial charge in [0.25, 0.3) is 0 Å². The fourth-order valence-corrected chi connectivity index (χ4v) is 3.29. The molecule has 3 rings (SSSR count). The lowest BCUT2D eigenvalue weighted by molar-refractivity contribution is 0.0728. The first-order chi connectivity index (χ1) is 12.4. The minimum Gasteiger partial charge on any atom is -0.464 e. The number of aryl methyl sites for hydroxylation is 3. The molecule has 0 N–H and O–H groups in total. The Morgan fingerprint density at radius 3 is 2.58 bits per heavy atom. The fourth-order valence-electron chi connectivity index (χ4n) is 2.47. The smallest absolute Gasteiger partial charge is 0.343 e. The molecule has 0 aliphatic carbocycles. The number of imidazole rings is 1. The van der Waals surface area contributed by atoms with Crippen molar-refractivity contribution in [2.45, 2.75) is 24.8 Å². The summed E-state index contributed by atoms with van der Waals surface area (Å²) in [5.41, 5.74) is 1.90. The molecule has 134 valence electrons. The number of benzene rings is 1. The van der Waals surface area contributed by atoms with Gasteiger partial charge in [-0.1, -0.05) is 29.0 Å². The molecule has 0 unspecified atom stereocenters. The Bertz CT molecular complexity index is 987. The van der Waals surface area contributed by atoms with E-state index in [1.807, 2.05) is 37.7 Å². The van der Waals surface area contributed by atoms with Crippen molar-refractivity contribution in [3.05, 3.63) is 75.6 Å². The second-order valence-electron chi connectivity index (χ2n) is 5.95. The van der Waals surface area contributed by atoms with Crippen molar-refractivity contribution in [3.8, 4) is 5.75 Å². The van der Waals surface area contributed by atoms with Crippen LogP contribution in [0.1, 0.15) is 27.2 Å². The monoisotopic (exact) mass is 370 g/mol. The summed E-state index contributed by atoms with van der Waals surface area (Å²) in [5.74, 6) is 0.221. The van der Waals surface area contributed by atoms with Gasteiger partial charge in [0.05, 0.1) is 11.3 Å². The maximum Gasteiger partial charge on any atom is 0.343 e. The average molecular weight is 370 g/mol. The van der Waals surface area contributed by atoms with Crippen LogP contribution in [0.5, 0.6) is 5.75 Å². The maximum atomic E-state index is 12.3. The molecule has 0 bridgehead atoms. The Hall–Kier alpha value is -2.80. The predicted molar refractivity (Wildman–Crippen MR) is 98.6 cm³/mol. The quantitative estimate of drug-likeness (QED) is 0.505. The summed E-state index contributed by atoms with van der Waals surface area (Å²) >= 11 is 1.45. The molecule has 0 saturated heterocycles. The highest BCUT2D eigenvalue weighted by Crippen LogP contribution is 2.21. The van der Waals surface area contributed by atoms with E-state index in [0.29, 0.717) is 17.1 Å². The normalized spacial score (nSPS) is 10.7. The van der Waals surface area contributed by atoms with E-state index in [9.17, 15) is 9.59 Å². The van der Waals surface area contributed by atoms with Crippen molar-refractivity contribution in [3.63, 3.8) is 0 Å². The van der Waals surface area contributed by atoms with Crippen LogP contribution in [-0.4, -0.2) is 15.5 Å². The third-order valence-electron chi connectivity index (χ3n) is 3.63. The van der Waals surface area contributed by atoms with Crippen LogP contribution in [-0.2, 0) is 12.8 Å². The molecule has 0 radical (unpaired) electrons. The van der Waals surface area contributed by atoms with E-state index in [0.717, 1.165) is 16.3 Å². The van der Waals surface area contributed by atoms with Crippen molar-refractivity contribution in [1.29, 1.82) is 0 Å². The van der Waals surface area contributed by atoms with Crippen molar-refractivity contribution >= 4 is 17.7 Å². The standard InChI is InChI=1S/C19H18N2O4S/c1-12-6-13(2)8-14(7-12)18(23)25-17-10-24-15(9-16(17)22)11-26-19-20-4-5-21(19)3/h4-10H,11H2,1-3H3. The van der Waals surface area contributed by atoms with Gasteiger partial charge in [0, 0.05) is 25.5 Å². The molecular formula is C19H18N2O4S. The van der Waals surface area contributed by atoms with E-state index in [-0.39, 0.29) is 5.75 Å². The summed E-state index contributed by atoms with van der Waals surface area (Å²) in [5, 5.41) is 0.818. The largest absolute Gasteiger partial charge is 0.464 e. The number of hydrogen-bond acceptors (Lipinski definition) is 6. The second-order valence-corrected chi connectivity index (χ2v) is 6.89. The van der Waals surface area contributed by atoms with E-state index in [1.165, 1.54) is 24.1 Å². The van der Waals surface area contributed by atoms with Crippen molar-refractivity contribution in [1.82, 2.24) is 9.55 Å². The highest BCUT2D eigenvalue weighted by molar-refractivity contribution is 7.98. The molecule has 3 aromatic rings. The topological polar surface area (TPSA) is 74.3 Å². The summed E-state index contributed by atoms with van der Waals surface area (Å²) in [4.78, 5) is 28.7. The number of esters is 1. The second kappa shape index (κ2) is 7.61. The van der Waals surface area contributed by atoms with Gasteiger partial charge >= 0.3 is 5.97 Å². The van der Waals surface area contributed by atoms with Gasteiger partial charge in [-0.05, 0) is 26.0 Å². The molecule has 7 heteroatoms. The number of nitrogens with zero attached hydrogens (tertiary/aromatic N) is 2. The molecule has 0 aliphatic rings. The van der Waals surface area contributed by atoms with Crippen molar-refractivity contribution in [2.75, 3.05) is 0 Å². The van der Waals surface area contributed by atoms with E-state index < -0.39 is 11.4 Å². The van der Waals surface area contributed by atoms with Gasteiger partial charge in [-0.15, -0.1) is 0 Å². The summed E-state index contributed by atoms with van der Waals surface area (Å²) in [6, 6.07) is 6.73. The minimum absolute atomic E-state index is 0.125. The maximum absolute atomic E-state index is 12.3. The first-order valence-electron chi connectivity index (χ1n) is 7.94. The van der Waals surface area contributed by atoms with Crippen molar-refractivity contribution < 1.29 is 13.9 Å². The molecule has 0 fully saturated rings. The molecule has 26 heavy (non-hydrogen) atoms. The molecule has 6 nitrogen and oxygen atoms in total. The summed E-state index contributed by atoms with van der Waals surface area (Å²) in [7, 11) is 1.89. The van der Waals surface area contributed by atoms with Crippen LogP contribution in [0, 0.1) is 13.8 Å². The Labute approximate surface area is 154 Å². The minimum atomic E-state index is -0.584. The van der Waals surface area contributed by atoms with Crippen LogP contribution in [0.4, 0.5) is 0 Å². The van der Waals surface area contributed by atoms with Gasteiger partial charge in [0.1, 0.15) is 12.0 Å². The highest BCUT2D eigenvalue weighted by atomic mass is 32.2. The number of carbonyl (C=O) groups excluding carboxylic acids is 1. The summed E-state index contributed by atoms with van der Waals surface area (Å²) in [6.45, 7) is 3.79. The average Bonchev–Trinajstić information content (AvgIpc) is 2.99.